The number of aromatic carboxylic acids is 1. The van der Waals surface area contributed by atoms with Gasteiger partial charge in [0, 0.05) is 38.3 Å². The predicted molar refractivity (Wildman–Crippen MR) is 114 cm³/mol. The van der Waals surface area contributed by atoms with Crippen molar-refractivity contribution in [3.63, 3.8) is 0 Å². The van der Waals surface area contributed by atoms with Crippen molar-refractivity contribution in [3.05, 3.63) is 29.2 Å². The van der Waals surface area contributed by atoms with E-state index in [2.05, 4.69) is 10.1 Å². The maximum Gasteiger partial charge on any atom is 0.422 e. The van der Waals surface area contributed by atoms with Gasteiger partial charge < -0.3 is 19.8 Å². The molecule has 9 nitrogen and oxygen atoms in total. The van der Waals surface area contributed by atoms with Crippen LogP contribution in [-0.2, 0) is 11.7 Å². The number of halogens is 3. The molecule has 2 aromatic heterocycles. The van der Waals surface area contributed by atoms with Gasteiger partial charge in [-0.15, -0.1) is 0 Å². The number of pyridine rings is 1. The molecule has 0 saturated carbocycles. The number of carboxylic acids is 1. The molecule has 182 valence electrons. The highest BCUT2D eigenvalue weighted by atomic mass is 19.4. The molecular formula is C21H28F3N5O4. The van der Waals surface area contributed by atoms with E-state index >= 15 is 0 Å². The number of hydrogen-bond donors (Lipinski definition) is 2. The Morgan fingerprint density at radius 3 is 2.30 bits per heavy atom. The molecule has 12 heteroatoms. The fourth-order valence-corrected chi connectivity index (χ4v) is 3.75. The SMILES string of the molecule is Cc1c(C(=O)O)nn(C(C)(C)C)c1Oc1cncc(N2CCN(CCO)CC2)c1C(F)(F)F. The van der Waals surface area contributed by atoms with Gasteiger partial charge in [0.05, 0.1) is 30.2 Å². The van der Waals surface area contributed by atoms with E-state index in [-0.39, 0.29) is 29.4 Å². The van der Waals surface area contributed by atoms with Gasteiger partial charge in [0.1, 0.15) is 5.56 Å². The molecule has 0 aromatic carbocycles. The van der Waals surface area contributed by atoms with Crippen LogP contribution in [0.4, 0.5) is 18.9 Å². The van der Waals surface area contributed by atoms with Gasteiger partial charge in [0.25, 0.3) is 0 Å². The zero-order valence-electron chi connectivity index (χ0n) is 19.0. The second-order valence-electron chi connectivity index (χ2n) is 8.85. The lowest BCUT2D eigenvalue weighted by molar-refractivity contribution is -0.138. The summed E-state index contributed by atoms with van der Waals surface area (Å²) in [6.07, 6.45) is -2.60. The number of ether oxygens (including phenoxy) is 1. The fourth-order valence-electron chi connectivity index (χ4n) is 3.75. The number of rotatable bonds is 6. The van der Waals surface area contributed by atoms with Crippen LogP contribution in [0, 0.1) is 6.92 Å². The minimum Gasteiger partial charge on any atom is -0.476 e. The number of carbonyl (C=O) groups is 1. The molecular weight excluding hydrogens is 443 g/mol. The summed E-state index contributed by atoms with van der Waals surface area (Å²) < 4.78 is 49.7. The fraction of sp³-hybridized carbons (Fsp3) is 0.571. The highest BCUT2D eigenvalue weighted by Gasteiger charge is 2.40. The van der Waals surface area contributed by atoms with Gasteiger partial charge >= 0.3 is 12.1 Å². The molecule has 0 aliphatic carbocycles. The first-order chi connectivity index (χ1) is 15.3. The first kappa shape index (κ1) is 24.8. The zero-order chi connectivity index (χ0) is 24.6. The number of piperazine rings is 1. The van der Waals surface area contributed by atoms with Crippen molar-refractivity contribution < 1.29 is 32.9 Å². The maximum absolute atomic E-state index is 14.2. The topological polar surface area (TPSA) is 104 Å². The summed E-state index contributed by atoms with van der Waals surface area (Å²) in [5, 5.41) is 22.6. The van der Waals surface area contributed by atoms with Gasteiger partial charge in [-0.3, -0.25) is 9.88 Å². The number of hydrogen-bond acceptors (Lipinski definition) is 7. The number of aliphatic hydroxyl groups is 1. The van der Waals surface area contributed by atoms with E-state index in [0.717, 1.165) is 12.4 Å². The lowest BCUT2D eigenvalue weighted by Gasteiger charge is -2.36. The summed E-state index contributed by atoms with van der Waals surface area (Å²) in [6.45, 7) is 8.77. The number of alkyl halides is 3. The molecule has 1 aliphatic heterocycles. The van der Waals surface area contributed by atoms with Gasteiger partial charge in [-0.2, -0.15) is 18.3 Å². The van der Waals surface area contributed by atoms with Crippen molar-refractivity contribution in [1.29, 1.82) is 0 Å². The number of β-amino-alcohol motifs (C(OH)–C–C–N with tert-alkyl or cyclic N) is 1. The van der Waals surface area contributed by atoms with Gasteiger partial charge in [0.2, 0.25) is 5.88 Å². The number of nitrogens with zero attached hydrogens (tertiary/aromatic N) is 5. The van der Waals surface area contributed by atoms with Gasteiger partial charge in [-0.25, -0.2) is 9.48 Å². The summed E-state index contributed by atoms with van der Waals surface area (Å²) in [5.74, 6) is -1.91. The number of aromatic nitrogens is 3. The minimum absolute atomic E-state index is 0.0160. The van der Waals surface area contributed by atoms with E-state index in [4.69, 9.17) is 9.84 Å². The molecule has 1 fully saturated rings. The van der Waals surface area contributed by atoms with Crippen LogP contribution in [0.5, 0.6) is 11.6 Å². The molecule has 3 rings (SSSR count). The molecule has 0 spiro atoms. The van der Waals surface area contributed by atoms with Crippen LogP contribution in [0.3, 0.4) is 0 Å². The first-order valence-corrected chi connectivity index (χ1v) is 10.5. The molecule has 1 aliphatic rings. The Hall–Kier alpha value is -2.86. The Kier molecular flexibility index (Phi) is 6.89. The van der Waals surface area contributed by atoms with E-state index in [0.29, 0.717) is 32.7 Å². The maximum atomic E-state index is 14.2. The number of carboxylic acid groups (broad SMARTS) is 1. The van der Waals surface area contributed by atoms with Gasteiger partial charge in [-0.1, -0.05) is 0 Å². The molecule has 0 bridgehead atoms. The molecule has 0 radical (unpaired) electrons. The molecule has 3 heterocycles. The lowest BCUT2D eigenvalue weighted by Crippen LogP contribution is -2.47. The van der Waals surface area contributed by atoms with Crippen LogP contribution in [0.1, 0.15) is 42.4 Å². The highest BCUT2D eigenvalue weighted by molar-refractivity contribution is 5.87. The standard InChI is InChI=1S/C21H28F3N5O4/c1-13-17(19(31)32)26-29(20(2,3)4)18(13)33-15-12-25-11-14(16(15)21(22,23)24)28-7-5-27(6-8-28)9-10-30/h11-12,30H,5-10H2,1-4H3,(H,31,32). The van der Waals surface area contributed by atoms with Crippen molar-refractivity contribution in [3.8, 4) is 11.6 Å². The normalized spacial score (nSPS) is 15.7. The largest absolute Gasteiger partial charge is 0.476 e. The average Bonchev–Trinajstić information content (AvgIpc) is 3.05. The Morgan fingerprint density at radius 2 is 1.79 bits per heavy atom. The second-order valence-corrected chi connectivity index (χ2v) is 8.85. The van der Waals surface area contributed by atoms with Crippen LogP contribution in [0.25, 0.3) is 0 Å². The molecule has 2 N–H and O–H groups in total. The lowest BCUT2D eigenvalue weighted by atomic mass is 10.1. The Labute approximate surface area is 189 Å². The van der Waals surface area contributed by atoms with Gasteiger partial charge in [0.15, 0.2) is 11.4 Å². The number of aliphatic hydroxyl groups excluding tert-OH is 1. The summed E-state index contributed by atoms with van der Waals surface area (Å²) in [6, 6.07) is 0. The van der Waals surface area contributed by atoms with Crippen LogP contribution in [0.2, 0.25) is 0 Å². The first-order valence-electron chi connectivity index (χ1n) is 10.5. The van der Waals surface area contributed by atoms with Crippen molar-refractivity contribution in [1.82, 2.24) is 19.7 Å². The van der Waals surface area contributed by atoms with Crippen molar-refractivity contribution in [2.24, 2.45) is 0 Å². The summed E-state index contributed by atoms with van der Waals surface area (Å²) in [5.41, 5.74) is -2.01. The van der Waals surface area contributed by atoms with Crippen LogP contribution >= 0.6 is 0 Å². The summed E-state index contributed by atoms with van der Waals surface area (Å²) in [7, 11) is 0. The molecule has 0 atom stereocenters. The third kappa shape index (κ3) is 5.22. The van der Waals surface area contributed by atoms with Crippen molar-refractivity contribution in [2.45, 2.75) is 39.4 Å². The average molecular weight is 471 g/mol. The third-order valence-corrected chi connectivity index (χ3v) is 5.42. The van der Waals surface area contributed by atoms with Crippen LogP contribution in [-0.4, -0.2) is 75.2 Å². The Morgan fingerprint density at radius 1 is 1.15 bits per heavy atom. The Balaban J connectivity index is 2.06. The molecule has 0 amide bonds. The van der Waals surface area contributed by atoms with Gasteiger partial charge in [-0.05, 0) is 27.7 Å². The van der Waals surface area contributed by atoms with E-state index in [1.165, 1.54) is 11.6 Å². The van der Waals surface area contributed by atoms with E-state index < -0.39 is 29.0 Å². The quantitative estimate of drug-likeness (QED) is 0.663. The molecule has 1 saturated heterocycles. The van der Waals surface area contributed by atoms with Crippen LogP contribution in [0.15, 0.2) is 12.4 Å². The molecule has 2 aromatic rings. The summed E-state index contributed by atoms with van der Waals surface area (Å²) in [4.78, 5) is 19.1. The van der Waals surface area contributed by atoms with E-state index in [9.17, 15) is 23.1 Å². The van der Waals surface area contributed by atoms with E-state index in [1.807, 2.05) is 4.90 Å². The highest BCUT2D eigenvalue weighted by Crippen LogP contribution is 2.44. The smallest absolute Gasteiger partial charge is 0.422 e. The molecule has 0 unspecified atom stereocenters. The third-order valence-electron chi connectivity index (χ3n) is 5.42. The number of anilines is 1. The zero-order valence-corrected chi connectivity index (χ0v) is 19.0. The monoisotopic (exact) mass is 471 g/mol. The van der Waals surface area contributed by atoms with Crippen LogP contribution < -0.4 is 9.64 Å². The molecule has 33 heavy (non-hydrogen) atoms. The van der Waals surface area contributed by atoms with E-state index in [1.54, 1.807) is 25.7 Å². The summed E-state index contributed by atoms with van der Waals surface area (Å²) >= 11 is 0. The minimum atomic E-state index is -4.74. The van der Waals surface area contributed by atoms with Crippen molar-refractivity contribution >= 4 is 11.7 Å². The van der Waals surface area contributed by atoms with Crippen molar-refractivity contribution in [2.75, 3.05) is 44.2 Å². The Bertz CT molecular complexity index is 1010. The predicted octanol–water partition coefficient (Wildman–Crippen LogP) is 2.97. The second kappa shape index (κ2) is 9.18.